The quantitative estimate of drug-likeness (QED) is 0.772. The number of hydrogen-bond donors (Lipinski definition) is 1. The van der Waals surface area contributed by atoms with E-state index in [2.05, 4.69) is 9.97 Å². The lowest BCUT2D eigenvalue weighted by Crippen LogP contribution is -2.10. The monoisotopic (exact) mass is 324 g/mol. The summed E-state index contributed by atoms with van der Waals surface area (Å²) in [4.78, 5) is 9.78. The number of aromatic nitrogens is 3. The fourth-order valence-corrected chi connectivity index (χ4v) is 3.70. The highest BCUT2D eigenvalue weighted by molar-refractivity contribution is 7.11. The second kappa shape index (κ2) is 4.96. The van der Waals surface area contributed by atoms with E-state index in [0.29, 0.717) is 11.5 Å². The molecule has 3 aromatic rings. The van der Waals surface area contributed by atoms with Crippen molar-refractivity contribution < 1.29 is 4.39 Å². The van der Waals surface area contributed by atoms with Gasteiger partial charge in [-0.2, -0.15) is 0 Å². The van der Waals surface area contributed by atoms with Gasteiger partial charge in [0.1, 0.15) is 5.82 Å². The lowest BCUT2D eigenvalue weighted by atomic mass is 10.2. The van der Waals surface area contributed by atoms with Crippen molar-refractivity contribution in [3.8, 4) is 0 Å². The predicted molar refractivity (Wildman–Crippen MR) is 84.5 cm³/mol. The number of halogens is 2. The highest BCUT2D eigenvalue weighted by Gasteiger charge is 2.20. The first-order valence-corrected chi connectivity index (χ1v) is 7.64. The number of nitrogen functional groups attached to an aromatic ring is 1. The number of aryl methyl sites for hydroxylation is 2. The average Bonchev–Trinajstić information content (AvgIpc) is 2.89. The van der Waals surface area contributed by atoms with Crippen molar-refractivity contribution in [3.05, 3.63) is 38.6 Å². The highest BCUT2D eigenvalue weighted by Crippen LogP contribution is 2.33. The Balaban J connectivity index is 2.22. The smallest absolute Gasteiger partial charge is 0.201 e. The minimum absolute atomic E-state index is 0.0391. The fourth-order valence-electron chi connectivity index (χ4n) is 2.57. The molecule has 1 unspecified atom stereocenters. The number of nitrogens with two attached hydrogens (primary N) is 1. The van der Waals surface area contributed by atoms with E-state index in [1.54, 1.807) is 17.4 Å². The molecule has 4 nitrogen and oxygen atoms in total. The van der Waals surface area contributed by atoms with Gasteiger partial charge in [0.05, 0.1) is 37.7 Å². The van der Waals surface area contributed by atoms with Gasteiger partial charge < -0.3 is 10.3 Å². The Morgan fingerprint density at radius 2 is 2.05 bits per heavy atom. The largest absolute Gasteiger partial charge is 0.369 e. The molecule has 0 saturated heterocycles. The van der Waals surface area contributed by atoms with Crippen LogP contribution in [0.2, 0.25) is 5.02 Å². The second-order valence-electron chi connectivity index (χ2n) is 4.95. The van der Waals surface area contributed by atoms with Crippen molar-refractivity contribution in [3.63, 3.8) is 0 Å². The number of anilines is 1. The number of benzene rings is 1. The summed E-state index contributed by atoms with van der Waals surface area (Å²) in [5.41, 5.74) is 8.21. The number of rotatable bonds is 2. The summed E-state index contributed by atoms with van der Waals surface area (Å²) in [6.07, 6.45) is 0. The number of thiazole rings is 1. The van der Waals surface area contributed by atoms with Crippen LogP contribution in [0.5, 0.6) is 0 Å². The third kappa shape index (κ3) is 2.28. The van der Waals surface area contributed by atoms with Gasteiger partial charge in [-0.05, 0) is 26.8 Å². The Hall–Kier alpha value is -1.66. The maximum atomic E-state index is 13.6. The Bertz CT molecular complexity index is 839. The highest BCUT2D eigenvalue weighted by atomic mass is 35.5. The summed E-state index contributed by atoms with van der Waals surface area (Å²) in [7, 11) is 0. The lowest BCUT2D eigenvalue weighted by Gasteiger charge is -2.15. The molecule has 110 valence electrons. The lowest BCUT2D eigenvalue weighted by molar-refractivity contribution is 0.629. The van der Waals surface area contributed by atoms with Crippen molar-refractivity contribution in [2.45, 2.75) is 26.8 Å². The van der Waals surface area contributed by atoms with Crippen molar-refractivity contribution in [1.29, 1.82) is 0 Å². The van der Waals surface area contributed by atoms with Crippen LogP contribution >= 0.6 is 22.9 Å². The van der Waals surface area contributed by atoms with Crippen LogP contribution in [-0.4, -0.2) is 14.5 Å². The summed E-state index contributed by atoms with van der Waals surface area (Å²) >= 11 is 7.51. The van der Waals surface area contributed by atoms with Gasteiger partial charge >= 0.3 is 0 Å². The van der Waals surface area contributed by atoms with Crippen molar-refractivity contribution in [1.82, 2.24) is 14.5 Å². The van der Waals surface area contributed by atoms with Gasteiger partial charge in [-0.1, -0.05) is 11.6 Å². The molecule has 2 aromatic heterocycles. The third-order valence-corrected chi connectivity index (χ3v) is 5.00. The minimum atomic E-state index is -0.494. The summed E-state index contributed by atoms with van der Waals surface area (Å²) in [6.45, 7) is 5.96. The number of imidazole rings is 1. The maximum absolute atomic E-state index is 13.6. The van der Waals surface area contributed by atoms with E-state index < -0.39 is 5.82 Å². The summed E-state index contributed by atoms with van der Waals surface area (Å²) < 4.78 is 15.4. The van der Waals surface area contributed by atoms with Gasteiger partial charge in [-0.25, -0.2) is 14.4 Å². The molecule has 0 saturated carbocycles. The van der Waals surface area contributed by atoms with Crippen molar-refractivity contribution >= 4 is 39.9 Å². The maximum Gasteiger partial charge on any atom is 0.201 e. The van der Waals surface area contributed by atoms with Gasteiger partial charge in [-0.3, -0.25) is 0 Å². The molecule has 0 radical (unpaired) electrons. The SMILES string of the molecule is Cc1nc(C)c(C(C)n2c(N)nc3cc(F)c(Cl)cc32)s1. The van der Waals surface area contributed by atoms with Crippen LogP contribution in [0.25, 0.3) is 11.0 Å². The van der Waals surface area contributed by atoms with Crippen LogP contribution in [0.1, 0.15) is 28.5 Å². The van der Waals surface area contributed by atoms with Gasteiger partial charge in [0.15, 0.2) is 0 Å². The third-order valence-electron chi connectivity index (χ3n) is 3.46. The number of nitrogens with zero attached hydrogens (tertiary/aromatic N) is 3. The first-order valence-electron chi connectivity index (χ1n) is 6.45. The molecule has 7 heteroatoms. The molecule has 1 atom stereocenters. The minimum Gasteiger partial charge on any atom is -0.369 e. The van der Waals surface area contributed by atoms with Gasteiger partial charge in [0, 0.05) is 6.07 Å². The summed E-state index contributed by atoms with van der Waals surface area (Å²) in [5.74, 6) is -0.157. The van der Waals surface area contributed by atoms with Crippen molar-refractivity contribution in [2.75, 3.05) is 5.73 Å². The van der Waals surface area contributed by atoms with Crippen LogP contribution in [0, 0.1) is 19.7 Å². The van der Waals surface area contributed by atoms with Gasteiger partial charge in [-0.15, -0.1) is 11.3 Å². The van der Waals surface area contributed by atoms with Crippen molar-refractivity contribution in [2.24, 2.45) is 0 Å². The van der Waals surface area contributed by atoms with Crippen LogP contribution in [0.3, 0.4) is 0 Å². The van der Waals surface area contributed by atoms with Crippen LogP contribution in [-0.2, 0) is 0 Å². The Labute approximate surface area is 130 Å². The molecule has 2 N–H and O–H groups in total. The van der Waals surface area contributed by atoms with Crippen LogP contribution in [0.4, 0.5) is 10.3 Å². The molecule has 3 rings (SSSR count). The molecule has 1 aromatic carbocycles. The van der Waals surface area contributed by atoms with Crippen LogP contribution in [0.15, 0.2) is 12.1 Å². The van der Waals surface area contributed by atoms with E-state index in [1.807, 2.05) is 25.3 Å². The molecule has 0 bridgehead atoms. The molecule has 0 spiro atoms. The van der Waals surface area contributed by atoms with Crippen LogP contribution < -0.4 is 5.73 Å². The van der Waals surface area contributed by atoms with Gasteiger partial charge in [0.25, 0.3) is 0 Å². The fraction of sp³-hybridized carbons (Fsp3) is 0.286. The van der Waals surface area contributed by atoms with E-state index in [0.717, 1.165) is 21.1 Å². The molecule has 0 aliphatic carbocycles. The second-order valence-corrected chi connectivity index (χ2v) is 6.60. The zero-order valence-electron chi connectivity index (χ0n) is 11.8. The zero-order chi connectivity index (χ0) is 15.3. The summed E-state index contributed by atoms with van der Waals surface area (Å²) in [6, 6.07) is 2.83. The first kappa shape index (κ1) is 14.3. The molecule has 0 fully saturated rings. The first-order chi connectivity index (χ1) is 9.88. The van der Waals surface area contributed by atoms with E-state index in [9.17, 15) is 4.39 Å². The van der Waals surface area contributed by atoms with Gasteiger partial charge in [0.2, 0.25) is 5.95 Å². The standard InChI is InChI=1S/C14H14ClFN4S/c1-6-13(21-8(3)18-6)7(2)20-12-4-9(15)10(16)5-11(12)19-14(20)17/h4-5,7H,1-3H3,(H2,17,19). The summed E-state index contributed by atoms with van der Waals surface area (Å²) in [5, 5.41) is 1.06. The Morgan fingerprint density at radius 1 is 1.33 bits per heavy atom. The topological polar surface area (TPSA) is 56.7 Å². The Morgan fingerprint density at radius 3 is 2.67 bits per heavy atom. The molecule has 0 aliphatic rings. The number of hydrogen-bond acceptors (Lipinski definition) is 4. The van der Waals surface area contributed by atoms with E-state index in [4.69, 9.17) is 17.3 Å². The number of fused-ring (bicyclic) bond motifs is 1. The molecule has 0 amide bonds. The van der Waals surface area contributed by atoms with E-state index >= 15 is 0 Å². The van der Waals surface area contributed by atoms with E-state index in [-0.39, 0.29) is 11.1 Å². The molecular formula is C14H14ClFN4S. The molecule has 2 heterocycles. The zero-order valence-corrected chi connectivity index (χ0v) is 13.4. The Kier molecular flexibility index (Phi) is 3.37. The molecular weight excluding hydrogens is 311 g/mol. The molecule has 0 aliphatic heterocycles. The van der Waals surface area contributed by atoms with E-state index in [1.165, 1.54) is 6.07 Å². The normalized spacial score (nSPS) is 13.0. The predicted octanol–water partition coefficient (Wildman–Crippen LogP) is 4.09. The molecule has 21 heavy (non-hydrogen) atoms. The average molecular weight is 325 g/mol.